The van der Waals surface area contributed by atoms with E-state index >= 15 is 0 Å². The van der Waals surface area contributed by atoms with Gasteiger partial charge in [-0.15, -0.1) is 0 Å². The van der Waals surface area contributed by atoms with Crippen LogP contribution < -0.4 is 5.32 Å². The number of pyridine rings is 1. The Morgan fingerprint density at radius 1 is 1.30 bits per heavy atom. The first kappa shape index (κ1) is 14.2. The number of nitro groups is 1. The maximum atomic E-state index is 11.0. The number of rotatable bonds is 4. The number of aryl methyl sites for hydroxylation is 2. The normalized spacial score (nSPS) is 10.3. The summed E-state index contributed by atoms with van der Waals surface area (Å²) in [6.07, 6.45) is 1.20. The molecule has 0 bridgehead atoms. The van der Waals surface area contributed by atoms with Gasteiger partial charge in [-0.1, -0.05) is 0 Å². The van der Waals surface area contributed by atoms with Gasteiger partial charge in [0, 0.05) is 12.7 Å². The van der Waals surface area contributed by atoms with Crippen LogP contribution >= 0.6 is 11.8 Å². The molecule has 0 aromatic carbocycles. The number of hydrogen-bond acceptors (Lipinski definition) is 7. The smallest absolute Gasteiger partial charge is 0.320 e. The Morgan fingerprint density at radius 3 is 2.65 bits per heavy atom. The van der Waals surface area contributed by atoms with Gasteiger partial charge in [-0.25, -0.2) is 9.97 Å². The van der Waals surface area contributed by atoms with E-state index in [9.17, 15) is 10.1 Å². The van der Waals surface area contributed by atoms with Gasteiger partial charge in [-0.2, -0.15) is 4.98 Å². The lowest BCUT2D eigenvalue weighted by Gasteiger charge is -2.05. The Morgan fingerprint density at radius 2 is 2.05 bits per heavy atom. The van der Waals surface area contributed by atoms with E-state index in [4.69, 9.17) is 0 Å². The van der Waals surface area contributed by atoms with E-state index in [0.29, 0.717) is 11.0 Å². The van der Waals surface area contributed by atoms with Crippen LogP contribution in [-0.4, -0.2) is 26.9 Å². The summed E-state index contributed by atoms with van der Waals surface area (Å²) in [7, 11) is 1.66. The highest BCUT2D eigenvalue weighted by Gasteiger charge is 2.19. The van der Waals surface area contributed by atoms with Crippen LogP contribution in [0.1, 0.15) is 11.3 Å². The minimum atomic E-state index is -0.496. The molecule has 8 heteroatoms. The van der Waals surface area contributed by atoms with Crippen LogP contribution in [0, 0.1) is 24.0 Å². The molecular formula is C12H13N5O2S. The van der Waals surface area contributed by atoms with Crippen LogP contribution in [0.3, 0.4) is 0 Å². The summed E-state index contributed by atoms with van der Waals surface area (Å²) in [5.74, 6) is 0.336. The molecule has 0 aliphatic heterocycles. The van der Waals surface area contributed by atoms with Gasteiger partial charge in [-0.05, 0) is 43.3 Å². The predicted molar refractivity (Wildman–Crippen MR) is 76.1 cm³/mol. The fourth-order valence-electron chi connectivity index (χ4n) is 1.64. The topological polar surface area (TPSA) is 93.8 Å². The Kier molecular flexibility index (Phi) is 4.14. The number of nitrogens with zero attached hydrogens (tertiary/aromatic N) is 4. The predicted octanol–water partition coefficient (Wildman–Crippen LogP) is 2.59. The molecule has 7 nitrogen and oxygen atoms in total. The average Bonchev–Trinajstić information content (AvgIpc) is 2.37. The van der Waals surface area contributed by atoms with Crippen LogP contribution in [0.4, 0.5) is 11.6 Å². The molecule has 0 fully saturated rings. The first-order chi connectivity index (χ1) is 9.49. The molecule has 0 aliphatic rings. The minimum absolute atomic E-state index is 0.130. The zero-order valence-electron chi connectivity index (χ0n) is 11.2. The molecule has 0 saturated carbocycles. The van der Waals surface area contributed by atoms with E-state index in [2.05, 4.69) is 20.3 Å². The first-order valence-electron chi connectivity index (χ1n) is 5.82. The van der Waals surface area contributed by atoms with Crippen molar-refractivity contribution in [3.63, 3.8) is 0 Å². The van der Waals surface area contributed by atoms with E-state index in [1.807, 2.05) is 26.0 Å². The van der Waals surface area contributed by atoms with Gasteiger partial charge in [0.05, 0.1) is 4.92 Å². The molecule has 1 N–H and O–H groups in total. The molecule has 2 aromatic heterocycles. The van der Waals surface area contributed by atoms with Gasteiger partial charge in [0.1, 0.15) is 11.2 Å². The van der Waals surface area contributed by atoms with Gasteiger partial charge in [0.15, 0.2) is 5.03 Å². The van der Waals surface area contributed by atoms with Crippen molar-refractivity contribution in [1.29, 1.82) is 0 Å². The molecule has 0 aliphatic carbocycles. The summed E-state index contributed by atoms with van der Waals surface area (Å²) in [4.78, 5) is 22.9. The Labute approximate surface area is 120 Å². The first-order valence-corrected chi connectivity index (χ1v) is 6.63. The second kappa shape index (κ2) is 5.83. The SMILES string of the molecule is CNc1ncc([N+](=O)[O-])c(Sc2cc(C)cc(C)n2)n1. The molecule has 0 amide bonds. The summed E-state index contributed by atoms with van der Waals surface area (Å²) in [6.45, 7) is 3.83. The molecule has 2 aromatic rings. The van der Waals surface area contributed by atoms with Crippen molar-refractivity contribution in [1.82, 2.24) is 15.0 Å². The van der Waals surface area contributed by atoms with Crippen molar-refractivity contribution in [3.8, 4) is 0 Å². The van der Waals surface area contributed by atoms with Gasteiger partial charge >= 0.3 is 5.69 Å². The standard InChI is InChI=1S/C12H13N5O2S/c1-7-4-8(2)15-10(5-7)20-11-9(17(18)19)6-14-12(13-3)16-11/h4-6H,1-3H3,(H,13,14,16). The van der Waals surface area contributed by atoms with Gasteiger partial charge < -0.3 is 5.32 Å². The third kappa shape index (κ3) is 3.21. The summed E-state index contributed by atoms with van der Waals surface area (Å²) >= 11 is 1.16. The number of hydrogen-bond donors (Lipinski definition) is 1. The van der Waals surface area contributed by atoms with Crippen molar-refractivity contribution in [2.75, 3.05) is 12.4 Å². The van der Waals surface area contributed by atoms with Crippen molar-refractivity contribution in [2.45, 2.75) is 23.9 Å². The monoisotopic (exact) mass is 291 g/mol. The van der Waals surface area contributed by atoms with Crippen molar-refractivity contribution >= 4 is 23.4 Å². The molecular weight excluding hydrogens is 278 g/mol. The molecule has 2 rings (SSSR count). The maximum Gasteiger partial charge on any atom is 0.320 e. The second-order valence-electron chi connectivity index (χ2n) is 4.12. The summed E-state index contributed by atoms with van der Waals surface area (Å²) in [5, 5.41) is 14.7. The van der Waals surface area contributed by atoms with Crippen molar-refractivity contribution in [3.05, 3.63) is 39.7 Å². The lowest BCUT2D eigenvalue weighted by molar-refractivity contribution is -0.388. The number of anilines is 1. The van der Waals surface area contributed by atoms with Crippen LogP contribution in [0.5, 0.6) is 0 Å². The molecule has 0 spiro atoms. The highest BCUT2D eigenvalue weighted by molar-refractivity contribution is 7.99. The van der Waals surface area contributed by atoms with Crippen molar-refractivity contribution in [2.24, 2.45) is 0 Å². The van der Waals surface area contributed by atoms with E-state index in [0.717, 1.165) is 23.0 Å². The van der Waals surface area contributed by atoms with E-state index in [-0.39, 0.29) is 10.7 Å². The Bertz CT molecular complexity index is 642. The fraction of sp³-hybridized carbons (Fsp3) is 0.250. The van der Waals surface area contributed by atoms with Crippen LogP contribution in [0.2, 0.25) is 0 Å². The Balaban J connectivity index is 2.42. The van der Waals surface area contributed by atoms with E-state index in [1.165, 1.54) is 6.20 Å². The lowest BCUT2D eigenvalue weighted by Crippen LogP contribution is -2.01. The van der Waals surface area contributed by atoms with Crippen molar-refractivity contribution < 1.29 is 4.92 Å². The van der Waals surface area contributed by atoms with Gasteiger partial charge in [0.2, 0.25) is 5.95 Å². The molecule has 104 valence electrons. The maximum absolute atomic E-state index is 11.0. The fourth-order valence-corrected chi connectivity index (χ4v) is 2.63. The molecule has 0 atom stereocenters. The summed E-state index contributed by atoms with van der Waals surface area (Å²) in [5.41, 5.74) is 1.78. The van der Waals surface area contributed by atoms with Gasteiger partial charge in [0.25, 0.3) is 0 Å². The third-order valence-corrected chi connectivity index (χ3v) is 3.34. The molecule has 20 heavy (non-hydrogen) atoms. The van der Waals surface area contributed by atoms with E-state index in [1.54, 1.807) is 7.05 Å². The van der Waals surface area contributed by atoms with Crippen LogP contribution in [-0.2, 0) is 0 Å². The van der Waals surface area contributed by atoms with Gasteiger partial charge in [-0.3, -0.25) is 10.1 Å². The third-order valence-electron chi connectivity index (χ3n) is 2.43. The molecule has 0 radical (unpaired) electrons. The Hall–Kier alpha value is -2.22. The zero-order chi connectivity index (χ0) is 14.7. The van der Waals surface area contributed by atoms with E-state index < -0.39 is 4.92 Å². The largest absolute Gasteiger partial charge is 0.357 e. The summed E-state index contributed by atoms with van der Waals surface area (Å²) in [6, 6.07) is 3.81. The van der Waals surface area contributed by atoms with Crippen LogP contribution in [0.15, 0.2) is 28.4 Å². The molecule has 0 saturated heterocycles. The number of aromatic nitrogens is 3. The summed E-state index contributed by atoms with van der Waals surface area (Å²) < 4.78 is 0. The minimum Gasteiger partial charge on any atom is -0.357 e. The van der Waals surface area contributed by atoms with Crippen LogP contribution in [0.25, 0.3) is 0 Å². The average molecular weight is 291 g/mol. The quantitative estimate of drug-likeness (QED) is 0.525. The lowest BCUT2D eigenvalue weighted by atomic mass is 10.3. The highest BCUT2D eigenvalue weighted by Crippen LogP contribution is 2.32. The zero-order valence-corrected chi connectivity index (χ0v) is 12.1. The number of nitrogens with one attached hydrogen (secondary N) is 1. The highest BCUT2D eigenvalue weighted by atomic mass is 32.2. The second-order valence-corrected chi connectivity index (χ2v) is 5.13. The molecule has 0 unspecified atom stereocenters. The molecule has 2 heterocycles.